The Morgan fingerprint density at radius 1 is 1.26 bits per heavy atom. The second-order valence-corrected chi connectivity index (χ2v) is 7.47. The molecule has 8 nitrogen and oxygen atoms in total. The summed E-state index contributed by atoms with van der Waals surface area (Å²) in [6.07, 6.45) is 1.67. The lowest BCUT2D eigenvalue weighted by Crippen LogP contribution is -2.30. The number of aryl methyl sites for hydroxylation is 1. The van der Waals surface area contributed by atoms with E-state index in [1.165, 1.54) is 19.2 Å². The van der Waals surface area contributed by atoms with E-state index in [1.54, 1.807) is 6.08 Å². The highest BCUT2D eigenvalue weighted by Crippen LogP contribution is 2.31. The van der Waals surface area contributed by atoms with Crippen molar-refractivity contribution in [2.24, 2.45) is 0 Å². The Labute approximate surface area is 180 Å². The number of methoxy groups -OCH3 is 1. The van der Waals surface area contributed by atoms with Crippen LogP contribution < -0.4 is 10.1 Å². The maximum atomic E-state index is 12.8. The van der Waals surface area contributed by atoms with Crippen LogP contribution in [-0.2, 0) is 16.1 Å². The summed E-state index contributed by atoms with van der Waals surface area (Å²) in [7, 11) is 1.24. The summed E-state index contributed by atoms with van der Waals surface area (Å²) < 4.78 is 15.7. The van der Waals surface area contributed by atoms with Crippen molar-refractivity contribution in [1.82, 2.24) is 10.2 Å². The van der Waals surface area contributed by atoms with Gasteiger partial charge in [0.05, 0.1) is 20.3 Å². The van der Waals surface area contributed by atoms with Crippen molar-refractivity contribution in [3.8, 4) is 5.75 Å². The zero-order valence-electron chi connectivity index (χ0n) is 18.3. The fraction of sp³-hybridized carbons (Fsp3) is 0.348. The van der Waals surface area contributed by atoms with Crippen LogP contribution in [0.3, 0.4) is 0 Å². The molecule has 2 aromatic rings. The van der Waals surface area contributed by atoms with Crippen LogP contribution in [0.15, 0.2) is 34.4 Å². The Hall–Kier alpha value is -3.55. The number of amides is 3. The van der Waals surface area contributed by atoms with Crippen LogP contribution in [0.5, 0.6) is 5.75 Å². The first-order chi connectivity index (χ1) is 14.7. The molecule has 0 spiro atoms. The predicted octanol–water partition coefficient (Wildman–Crippen LogP) is 3.99. The minimum absolute atomic E-state index is 0.00606. The molecule has 3 rings (SSSR count). The average Bonchev–Trinajstić information content (AvgIpc) is 3.30. The van der Waals surface area contributed by atoms with Gasteiger partial charge in [0.25, 0.3) is 5.91 Å². The van der Waals surface area contributed by atoms with E-state index in [-0.39, 0.29) is 23.9 Å². The van der Waals surface area contributed by atoms with Gasteiger partial charge in [-0.05, 0) is 66.8 Å². The molecule has 1 fully saturated rings. The Morgan fingerprint density at radius 2 is 2.00 bits per heavy atom. The van der Waals surface area contributed by atoms with Crippen LogP contribution >= 0.6 is 0 Å². The zero-order valence-corrected chi connectivity index (χ0v) is 18.3. The van der Waals surface area contributed by atoms with Crippen LogP contribution in [0.2, 0.25) is 0 Å². The van der Waals surface area contributed by atoms with Crippen molar-refractivity contribution >= 4 is 24.0 Å². The summed E-state index contributed by atoms with van der Waals surface area (Å²) in [5, 5.41) is 2.61. The quantitative estimate of drug-likeness (QED) is 0.408. The highest BCUT2D eigenvalue weighted by molar-refractivity contribution is 6.14. The third kappa shape index (κ3) is 4.63. The van der Waals surface area contributed by atoms with E-state index >= 15 is 0 Å². The van der Waals surface area contributed by atoms with E-state index in [9.17, 15) is 14.4 Å². The number of hydrogen-bond donors (Lipinski definition) is 1. The molecule has 0 aliphatic carbocycles. The minimum Gasteiger partial charge on any atom is -0.494 e. The number of carbonyl (C=O) groups excluding carboxylic acids is 3. The first-order valence-electron chi connectivity index (χ1n) is 10.0. The van der Waals surface area contributed by atoms with Crippen LogP contribution in [0.25, 0.3) is 6.08 Å². The second-order valence-electron chi connectivity index (χ2n) is 7.47. The molecule has 0 radical (unpaired) electrons. The van der Waals surface area contributed by atoms with Crippen LogP contribution in [0, 0.1) is 6.92 Å². The summed E-state index contributed by atoms with van der Waals surface area (Å²) in [5.74, 6) is 0.250. The molecular weight excluding hydrogens is 400 g/mol. The van der Waals surface area contributed by atoms with E-state index in [0.29, 0.717) is 12.4 Å². The number of hydrogen-bond acceptors (Lipinski definition) is 6. The van der Waals surface area contributed by atoms with Gasteiger partial charge in [0, 0.05) is 0 Å². The highest BCUT2D eigenvalue weighted by atomic mass is 16.5. The average molecular weight is 426 g/mol. The number of furan rings is 1. The van der Waals surface area contributed by atoms with Crippen molar-refractivity contribution in [1.29, 1.82) is 0 Å². The molecule has 1 aromatic carbocycles. The van der Waals surface area contributed by atoms with Gasteiger partial charge in [0.2, 0.25) is 5.76 Å². The van der Waals surface area contributed by atoms with Crippen molar-refractivity contribution in [3.05, 3.63) is 58.2 Å². The summed E-state index contributed by atoms with van der Waals surface area (Å²) >= 11 is 0. The minimum atomic E-state index is -0.629. The monoisotopic (exact) mass is 426 g/mol. The first kappa shape index (κ1) is 22.1. The molecule has 0 unspecified atom stereocenters. The molecule has 1 aliphatic heterocycles. The van der Waals surface area contributed by atoms with Crippen LogP contribution in [0.1, 0.15) is 59.7 Å². The van der Waals surface area contributed by atoms with Crippen molar-refractivity contribution in [2.45, 2.75) is 40.2 Å². The number of esters is 1. The number of urea groups is 1. The summed E-state index contributed by atoms with van der Waals surface area (Å²) in [6.45, 7) is 8.46. The Balaban J connectivity index is 1.85. The molecule has 0 bridgehead atoms. The number of rotatable bonds is 7. The molecule has 0 atom stereocenters. The first-order valence-corrected chi connectivity index (χ1v) is 10.0. The molecule has 164 valence electrons. The topological polar surface area (TPSA) is 98.1 Å². The lowest BCUT2D eigenvalue weighted by Gasteiger charge is -2.16. The summed E-state index contributed by atoms with van der Waals surface area (Å²) in [6, 6.07) is 6.34. The zero-order chi connectivity index (χ0) is 22.7. The molecule has 3 amide bonds. The van der Waals surface area contributed by atoms with Crippen molar-refractivity contribution in [3.63, 3.8) is 0 Å². The van der Waals surface area contributed by atoms with Crippen molar-refractivity contribution < 1.29 is 28.3 Å². The molecule has 31 heavy (non-hydrogen) atoms. The van der Waals surface area contributed by atoms with Gasteiger partial charge in [-0.3, -0.25) is 9.69 Å². The van der Waals surface area contributed by atoms with E-state index in [1.807, 2.05) is 26.0 Å². The standard InChI is InChI=1S/C23H26N2O6/c1-6-30-20-9-14(4)15(10-17(20)13(2)3)11-18-21(26)25(23(28)24-18)12-16-7-8-19(31-16)22(27)29-5/h7-11,13H,6,12H2,1-5H3,(H,24,28). The van der Waals surface area contributed by atoms with E-state index < -0.39 is 17.9 Å². The predicted molar refractivity (Wildman–Crippen MR) is 114 cm³/mol. The fourth-order valence-electron chi connectivity index (χ4n) is 3.30. The van der Waals surface area contributed by atoms with Gasteiger partial charge in [0.1, 0.15) is 17.2 Å². The van der Waals surface area contributed by atoms with Crippen LogP contribution in [-0.4, -0.2) is 36.5 Å². The largest absolute Gasteiger partial charge is 0.494 e. The summed E-state index contributed by atoms with van der Waals surface area (Å²) in [5.41, 5.74) is 2.95. The number of nitrogens with zero attached hydrogens (tertiary/aromatic N) is 1. The number of benzene rings is 1. The van der Waals surface area contributed by atoms with Gasteiger partial charge >= 0.3 is 12.0 Å². The van der Waals surface area contributed by atoms with Gasteiger partial charge in [-0.15, -0.1) is 0 Å². The van der Waals surface area contributed by atoms with Gasteiger partial charge in [-0.1, -0.05) is 13.8 Å². The number of nitrogens with one attached hydrogen (secondary N) is 1. The van der Waals surface area contributed by atoms with Crippen molar-refractivity contribution in [2.75, 3.05) is 13.7 Å². The number of carbonyl (C=O) groups is 3. The molecule has 1 aromatic heterocycles. The van der Waals surface area contributed by atoms with E-state index in [2.05, 4.69) is 23.9 Å². The van der Waals surface area contributed by atoms with Crippen LogP contribution in [0.4, 0.5) is 4.79 Å². The lowest BCUT2D eigenvalue weighted by atomic mass is 9.96. The lowest BCUT2D eigenvalue weighted by molar-refractivity contribution is -0.123. The van der Waals surface area contributed by atoms with Gasteiger partial charge in [-0.25, -0.2) is 9.59 Å². The highest BCUT2D eigenvalue weighted by Gasteiger charge is 2.34. The molecule has 1 saturated heterocycles. The Kier molecular flexibility index (Phi) is 6.48. The Bertz CT molecular complexity index is 1050. The molecule has 1 N–H and O–H groups in total. The summed E-state index contributed by atoms with van der Waals surface area (Å²) in [4.78, 5) is 37.8. The maximum absolute atomic E-state index is 12.8. The maximum Gasteiger partial charge on any atom is 0.373 e. The molecular formula is C23H26N2O6. The molecule has 2 heterocycles. The van der Waals surface area contributed by atoms with Gasteiger partial charge < -0.3 is 19.2 Å². The Morgan fingerprint density at radius 3 is 2.65 bits per heavy atom. The normalized spacial score (nSPS) is 15.0. The molecule has 8 heteroatoms. The third-order valence-corrected chi connectivity index (χ3v) is 4.94. The van der Waals surface area contributed by atoms with E-state index in [0.717, 1.165) is 27.3 Å². The second kappa shape index (κ2) is 9.07. The molecule has 0 saturated carbocycles. The van der Waals surface area contributed by atoms with Gasteiger partial charge in [-0.2, -0.15) is 0 Å². The van der Waals surface area contributed by atoms with Gasteiger partial charge in [0.15, 0.2) is 0 Å². The van der Waals surface area contributed by atoms with E-state index in [4.69, 9.17) is 9.15 Å². The number of ether oxygens (including phenoxy) is 2. The smallest absolute Gasteiger partial charge is 0.373 e. The number of imide groups is 1. The SMILES string of the molecule is CCOc1cc(C)c(C=C2NC(=O)N(Cc3ccc(C(=O)OC)o3)C2=O)cc1C(C)C. The molecule has 1 aliphatic rings. The third-order valence-electron chi connectivity index (χ3n) is 4.94. The fourth-order valence-corrected chi connectivity index (χ4v) is 3.30.